The van der Waals surface area contributed by atoms with Gasteiger partial charge in [-0.1, -0.05) is 6.07 Å². The van der Waals surface area contributed by atoms with E-state index in [9.17, 15) is 4.79 Å². The van der Waals surface area contributed by atoms with Crippen LogP contribution in [0.4, 0.5) is 0 Å². The molecule has 0 aliphatic heterocycles. The molecule has 1 rings (SSSR count). The summed E-state index contributed by atoms with van der Waals surface area (Å²) in [5, 5.41) is 0. The molecule has 0 saturated heterocycles. The van der Waals surface area contributed by atoms with Gasteiger partial charge in [0.1, 0.15) is 5.75 Å². The van der Waals surface area contributed by atoms with Gasteiger partial charge in [-0.05, 0) is 24.6 Å². The van der Waals surface area contributed by atoms with Crippen LogP contribution in [0, 0.1) is 6.92 Å². The van der Waals surface area contributed by atoms with Gasteiger partial charge in [-0.3, -0.25) is 4.79 Å². The van der Waals surface area contributed by atoms with Gasteiger partial charge >= 0.3 is 0 Å². The van der Waals surface area contributed by atoms with Crippen molar-refractivity contribution in [3.05, 3.63) is 29.3 Å². The van der Waals surface area contributed by atoms with Gasteiger partial charge in [-0.25, -0.2) is 0 Å². The molecule has 5 heteroatoms. The predicted molar refractivity (Wildman–Crippen MR) is 74.6 cm³/mol. The highest BCUT2D eigenvalue weighted by molar-refractivity contribution is 5.94. The summed E-state index contributed by atoms with van der Waals surface area (Å²) >= 11 is 0. The second-order valence-electron chi connectivity index (χ2n) is 4.26. The number of carbonyl (C=O) groups excluding carboxylic acids is 1. The quantitative estimate of drug-likeness (QED) is 0.801. The van der Waals surface area contributed by atoms with E-state index in [2.05, 4.69) is 0 Å². The van der Waals surface area contributed by atoms with Crippen LogP contribution in [-0.2, 0) is 4.74 Å². The van der Waals surface area contributed by atoms with Crippen molar-refractivity contribution in [1.29, 1.82) is 0 Å². The van der Waals surface area contributed by atoms with Crippen LogP contribution in [0.2, 0.25) is 0 Å². The molecule has 2 N–H and O–H groups in total. The molecule has 0 aliphatic rings. The summed E-state index contributed by atoms with van der Waals surface area (Å²) in [4.78, 5) is 14.1. The zero-order chi connectivity index (χ0) is 14.3. The van der Waals surface area contributed by atoms with Gasteiger partial charge in [0.05, 0.1) is 13.7 Å². The Balaban J connectivity index is 2.88. The van der Waals surface area contributed by atoms with Crippen LogP contribution in [0.3, 0.4) is 0 Å². The molecular formula is C14H22N2O3. The monoisotopic (exact) mass is 266 g/mol. The van der Waals surface area contributed by atoms with Gasteiger partial charge in [0.25, 0.3) is 5.91 Å². The second-order valence-corrected chi connectivity index (χ2v) is 4.26. The van der Waals surface area contributed by atoms with Crippen LogP contribution >= 0.6 is 0 Å². The fourth-order valence-electron chi connectivity index (χ4n) is 1.81. The number of hydrogen-bond acceptors (Lipinski definition) is 4. The Morgan fingerprint density at radius 3 is 2.63 bits per heavy atom. The first kappa shape index (κ1) is 15.5. The van der Waals surface area contributed by atoms with Crippen LogP contribution in [0.25, 0.3) is 0 Å². The zero-order valence-corrected chi connectivity index (χ0v) is 11.8. The van der Waals surface area contributed by atoms with Crippen molar-refractivity contribution in [1.82, 2.24) is 4.90 Å². The lowest BCUT2D eigenvalue weighted by atomic mass is 10.1. The summed E-state index contributed by atoms with van der Waals surface area (Å²) in [6, 6.07) is 5.44. The Kier molecular flexibility index (Phi) is 6.32. The summed E-state index contributed by atoms with van der Waals surface area (Å²) < 4.78 is 10.2. The SMILES string of the molecule is COCCN(CCN)C(=O)c1ccc(C)c(OC)c1. The number of aryl methyl sites for hydroxylation is 1. The molecule has 1 aromatic rings. The molecule has 1 amide bonds. The van der Waals surface area contributed by atoms with Crippen molar-refractivity contribution in [2.24, 2.45) is 5.73 Å². The van der Waals surface area contributed by atoms with Crippen LogP contribution in [-0.4, -0.2) is 51.3 Å². The smallest absolute Gasteiger partial charge is 0.254 e. The molecule has 0 aromatic heterocycles. The van der Waals surface area contributed by atoms with Gasteiger partial charge in [0.2, 0.25) is 0 Å². The third-order valence-corrected chi connectivity index (χ3v) is 2.91. The Bertz CT molecular complexity index is 421. The van der Waals surface area contributed by atoms with Crippen molar-refractivity contribution in [3.8, 4) is 5.75 Å². The van der Waals surface area contributed by atoms with Crippen LogP contribution in [0.15, 0.2) is 18.2 Å². The van der Waals surface area contributed by atoms with Gasteiger partial charge in [-0.15, -0.1) is 0 Å². The Labute approximate surface area is 114 Å². The highest BCUT2D eigenvalue weighted by atomic mass is 16.5. The topological polar surface area (TPSA) is 64.8 Å². The number of hydrogen-bond donors (Lipinski definition) is 1. The van der Waals surface area contributed by atoms with E-state index in [4.69, 9.17) is 15.2 Å². The normalized spacial score (nSPS) is 10.3. The van der Waals surface area contributed by atoms with Crippen molar-refractivity contribution in [3.63, 3.8) is 0 Å². The summed E-state index contributed by atoms with van der Waals surface area (Å²) in [6.07, 6.45) is 0. The fourth-order valence-corrected chi connectivity index (χ4v) is 1.81. The summed E-state index contributed by atoms with van der Waals surface area (Å²) in [5.74, 6) is 0.658. The second kappa shape index (κ2) is 7.76. The summed E-state index contributed by atoms with van der Waals surface area (Å²) in [5.41, 5.74) is 7.14. The molecule has 0 radical (unpaired) electrons. The number of rotatable bonds is 7. The molecule has 0 fully saturated rings. The average Bonchev–Trinajstić information content (AvgIpc) is 2.43. The van der Waals surface area contributed by atoms with E-state index in [1.807, 2.05) is 13.0 Å². The maximum absolute atomic E-state index is 12.4. The molecule has 1 aromatic carbocycles. The minimum atomic E-state index is -0.0548. The van der Waals surface area contributed by atoms with E-state index in [0.717, 1.165) is 5.56 Å². The molecule has 0 atom stereocenters. The van der Waals surface area contributed by atoms with Gasteiger partial charge in [-0.2, -0.15) is 0 Å². The highest BCUT2D eigenvalue weighted by Crippen LogP contribution is 2.19. The molecular weight excluding hydrogens is 244 g/mol. The van der Waals surface area contributed by atoms with E-state index in [0.29, 0.717) is 37.6 Å². The maximum atomic E-state index is 12.4. The Morgan fingerprint density at radius 1 is 1.32 bits per heavy atom. The zero-order valence-electron chi connectivity index (χ0n) is 11.8. The molecule has 0 unspecified atom stereocenters. The van der Waals surface area contributed by atoms with Gasteiger partial charge in [0, 0.05) is 32.3 Å². The van der Waals surface area contributed by atoms with Crippen molar-refractivity contribution < 1.29 is 14.3 Å². The minimum absolute atomic E-state index is 0.0548. The van der Waals surface area contributed by atoms with E-state index in [-0.39, 0.29) is 5.91 Å². The van der Waals surface area contributed by atoms with Crippen molar-refractivity contribution in [2.75, 3.05) is 40.5 Å². The standard InChI is InChI=1S/C14H22N2O3/c1-11-4-5-12(10-13(11)19-3)14(17)16(7-6-15)8-9-18-2/h4-5,10H,6-9,15H2,1-3H3. The minimum Gasteiger partial charge on any atom is -0.496 e. The molecule has 0 aliphatic carbocycles. The van der Waals surface area contributed by atoms with Crippen molar-refractivity contribution in [2.45, 2.75) is 6.92 Å². The Hall–Kier alpha value is -1.59. The van der Waals surface area contributed by atoms with Crippen LogP contribution in [0.1, 0.15) is 15.9 Å². The first-order chi connectivity index (χ1) is 9.13. The summed E-state index contributed by atoms with van der Waals surface area (Å²) in [6.45, 7) is 3.91. The number of ether oxygens (including phenoxy) is 2. The maximum Gasteiger partial charge on any atom is 0.254 e. The number of nitrogens with zero attached hydrogens (tertiary/aromatic N) is 1. The largest absolute Gasteiger partial charge is 0.496 e. The number of nitrogens with two attached hydrogens (primary N) is 1. The third kappa shape index (κ3) is 4.22. The first-order valence-electron chi connectivity index (χ1n) is 6.27. The van der Waals surface area contributed by atoms with Crippen molar-refractivity contribution >= 4 is 5.91 Å². The van der Waals surface area contributed by atoms with E-state index < -0.39 is 0 Å². The average molecular weight is 266 g/mol. The Morgan fingerprint density at radius 2 is 2.05 bits per heavy atom. The molecule has 0 saturated carbocycles. The fraction of sp³-hybridized carbons (Fsp3) is 0.500. The van der Waals surface area contributed by atoms with E-state index in [1.54, 1.807) is 31.3 Å². The molecule has 0 bridgehead atoms. The molecule has 19 heavy (non-hydrogen) atoms. The highest BCUT2D eigenvalue weighted by Gasteiger charge is 2.16. The summed E-state index contributed by atoms with van der Waals surface area (Å²) in [7, 11) is 3.21. The lowest BCUT2D eigenvalue weighted by Gasteiger charge is -2.22. The van der Waals surface area contributed by atoms with Crippen LogP contribution in [0.5, 0.6) is 5.75 Å². The molecule has 0 spiro atoms. The molecule has 0 heterocycles. The number of amides is 1. The molecule has 106 valence electrons. The number of carbonyl (C=O) groups is 1. The van der Waals surface area contributed by atoms with E-state index >= 15 is 0 Å². The van der Waals surface area contributed by atoms with E-state index in [1.165, 1.54) is 0 Å². The number of benzene rings is 1. The lowest BCUT2D eigenvalue weighted by molar-refractivity contribution is 0.0701. The lowest BCUT2D eigenvalue weighted by Crippen LogP contribution is -2.37. The van der Waals surface area contributed by atoms with Gasteiger partial charge in [0.15, 0.2) is 0 Å². The molecule has 5 nitrogen and oxygen atoms in total. The van der Waals surface area contributed by atoms with Crippen LogP contribution < -0.4 is 10.5 Å². The predicted octanol–water partition coefficient (Wildman–Crippen LogP) is 1.05. The van der Waals surface area contributed by atoms with Gasteiger partial charge < -0.3 is 20.1 Å². The first-order valence-corrected chi connectivity index (χ1v) is 6.27. The number of methoxy groups -OCH3 is 2. The third-order valence-electron chi connectivity index (χ3n) is 2.91.